The maximum atomic E-state index is 13.1. The first-order chi connectivity index (χ1) is 30.0. The molecule has 13 N–H and O–H groups in total. The molecule has 6 amide bonds. The molecule has 1 aromatic rings. The van der Waals surface area contributed by atoms with E-state index in [2.05, 4.69) is 37.0 Å². The van der Waals surface area contributed by atoms with Gasteiger partial charge in [0.2, 0.25) is 35.4 Å². The number of nitrogens with zero attached hydrogens (tertiary/aromatic N) is 4. The minimum absolute atomic E-state index is 0.0375. The van der Waals surface area contributed by atoms with Crippen LogP contribution in [0.15, 0.2) is 40.3 Å². The van der Waals surface area contributed by atoms with Crippen molar-refractivity contribution in [3.05, 3.63) is 35.9 Å². The summed E-state index contributed by atoms with van der Waals surface area (Å²) in [5.41, 5.74) is 21.6. The number of amidine groups is 1. The van der Waals surface area contributed by atoms with Gasteiger partial charge in [-0.2, -0.15) is 0 Å². The number of unbranched alkanes of at least 4 members (excludes halogenated alkanes) is 1. The number of carbonyl (C=O) groups excluding carboxylic acids is 7. The molecule has 21 heteroatoms. The van der Waals surface area contributed by atoms with Crippen LogP contribution in [0, 0.1) is 0 Å². The molecule has 1 saturated heterocycles. The van der Waals surface area contributed by atoms with Crippen molar-refractivity contribution in [2.45, 2.75) is 115 Å². The maximum absolute atomic E-state index is 13.1. The number of hydrogen-bond acceptors (Lipinski definition) is 12. The Morgan fingerprint density at radius 2 is 1.70 bits per heavy atom. The van der Waals surface area contributed by atoms with Crippen LogP contribution in [0.2, 0.25) is 0 Å². The number of carbonyl (C=O) groups is 8. The second-order valence-electron chi connectivity index (χ2n) is 14.9. The van der Waals surface area contributed by atoms with Crippen molar-refractivity contribution in [2.24, 2.45) is 32.9 Å². The first-order valence-electron chi connectivity index (χ1n) is 21.3. The van der Waals surface area contributed by atoms with E-state index in [0.717, 1.165) is 44.0 Å². The van der Waals surface area contributed by atoms with Crippen molar-refractivity contribution in [3.63, 3.8) is 0 Å². The van der Waals surface area contributed by atoms with E-state index < -0.39 is 29.4 Å². The number of hydrogen-bond donors (Lipinski definition) is 9. The van der Waals surface area contributed by atoms with Gasteiger partial charge in [-0.25, -0.2) is 0 Å². The molecule has 354 valence electrons. The summed E-state index contributed by atoms with van der Waals surface area (Å²) in [6.07, 6.45) is 8.14. The highest BCUT2D eigenvalue weighted by Gasteiger charge is 2.42. The average molecular weight is 889 g/mol. The summed E-state index contributed by atoms with van der Waals surface area (Å²) in [7, 11) is 1.73. The summed E-state index contributed by atoms with van der Waals surface area (Å²) in [6.45, 7) is 7.47. The zero-order valence-corrected chi connectivity index (χ0v) is 37.4. The van der Waals surface area contributed by atoms with Gasteiger partial charge in [-0.15, -0.1) is 0 Å². The first-order valence-corrected chi connectivity index (χ1v) is 21.3. The van der Waals surface area contributed by atoms with Gasteiger partial charge in [0.05, 0.1) is 30.5 Å². The lowest BCUT2D eigenvalue weighted by atomic mass is 9.88. The van der Waals surface area contributed by atoms with E-state index in [1.165, 1.54) is 4.90 Å². The molecule has 0 saturated carbocycles. The van der Waals surface area contributed by atoms with Crippen LogP contribution in [0.3, 0.4) is 0 Å². The molecule has 3 atom stereocenters. The third-order valence-corrected chi connectivity index (χ3v) is 9.80. The predicted octanol–water partition coefficient (Wildman–Crippen LogP) is -0.703. The molecule has 0 radical (unpaired) electrons. The Morgan fingerprint density at radius 3 is 2.25 bits per heavy atom. The highest BCUT2D eigenvalue weighted by atomic mass is 16.3. The minimum Gasteiger partial charge on any atom is -0.483 e. The summed E-state index contributed by atoms with van der Waals surface area (Å²) in [5, 5.41) is 18.1. The number of aliphatic imine (C=N–C) groups is 2. The molecule has 1 fully saturated rings. The second kappa shape index (κ2) is 33.5. The van der Waals surface area contributed by atoms with E-state index in [9.17, 15) is 33.6 Å². The maximum Gasteiger partial charge on any atom is 0.290 e. The number of carboxylic acid groups (broad SMARTS) is 1. The van der Waals surface area contributed by atoms with Gasteiger partial charge in [0.15, 0.2) is 5.96 Å². The van der Waals surface area contributed by atoms with Crippen molar-refractivity contribution in [2.75, 3.05) is 52.9 Å². The summed E-state index contributed by atoms with van der Waals surface area (Å²) >= 11 is 0. The fourth-order valence-electron chi connectivity index (χ4n) is 6.07. The van der Waals surface area contributed by atoms with Crippen molar-refractivity contribution in [3.8, 4) is 0 Å². The number of primary amides is 1. The van der Waals surface area contributed by atoms with E-state index >= 15 is 0 Å². The molecule has 21 nitrogen and oxygen atoms in total. The van der Waals surface area contributed by atoms with E-state index in [-0.39, 0.29) is 55.6 Å². The van der Waals surface area contributed by atoms with Crippen LogP contribution < -0.4 is 44.2 Å². The lowest BCUT2D eigenvalue weighted by Crippen LogP contribution is -2.61. The number of amides is 6. The topological polar surface area (TPSA) is 340 Å². The van der Waals surface area contributed by atoms with Crippen LogP contribution in [0.5, 0.6) is 0 Å². The molecule has 1 aromatic carbocycles. The molecule has 2 aliphatic heterocycles. The van der Waals surface area contributed by atoms with E-state index in [0.29, 0.717) is 77.1 Å². The second-order valence-corrected chi connectivity index (χ2v) is 14.9. The summed E-state index contributed by atoms with van der Waals surface area (Å²) in [6, 6.07) is 8.45. The number of likely N-dealkylation sites (N-methyl/N-ethyl adjacent to an activating group) is 1. The molecule has 2 aliphatic rings. The number of nitrogens with two attached hydrogens (primary N) is 4. The normalized spacial score (nSPS) is 19.0. The molecule has 3 unspecified atom stereocenters. The number of rotatable bonds is 16. The van der Waals surface area contributed by atoms with Crippen LogP contribution in [0.25, 0.3) is 0 Å². The summed E-state index contributed by atoms with van der Waals surface area (Å²) in [5.74, 6) is -1.13. The molecule has 0 aliphatic carbocycles. The Kier molecular flexibility index (Phi) is 30.2. The molecule has 3 rings (SSSR count). The van der Waals surface area contributed by atoms with Gasteiger partial charge in [0, 0.05) is 52.0 Å². The molecule has 0 aromatic heterocycles. The molecule has 0 bridgehead atoms. The van der Waals surface area contributed by atoms with Gasteiger partial charge in [-0.1, -0.05) is 44.2 Å². The average Bonchev–Trinajstić information content (AvgIpc) is 3.25. The van der Waals surface area contributed by atoms with Gasteiger partial charge in [-0.3, -0.25) is 43.5 Å². The summed E-state index contributed by atoms with van der Waals surface area (Å²) < 4.78 is 0. The third kappa shape index (κ3) is 25.4. The Labute approximate surface area is 371 Å². The van der Waals surface area contributed by atoms with Crippen LogP contribution in [-0.2, 0) is 44.8 Å². The van der Waals surface area contributed by atoms with E-state index in [1.54, 1.807) is 25.8 Å². The summed E-state index contributed by atoms with van der Waals surface area (Å²) in [4.78, 5) is 103. The number of aldehydes is 1. The quantitative estimate of drug-likeness (QED) is 0.0430. The lowest BCUT2D eigenvalue weighted by molar-refractivity contribution is -0.150. The molecule has 63 heavy (non-hydrogen) atoms. The van der Waals surface area contributed by atoms with Gasteiger partial charge >= 0.3 is 0 Å². The highest BCUT2D eigenvalue weighted by molar-refractivity contribution is 5.93. The fraction of sp³-hybridized carbons (Fsp3) is 0.619. The molecule has 0 spiro atoms. The molecule has 2 heterocycles. The fourth-order valence-corrected chi connectivity index (χ4v) is 6.07. The largest absolute Gasteiger partial charge is 0.483 e. The predicted molar refractivity (Wildman–Crippen MR) is 241 cm³/mol. The van der Waals surface area contributed by atoms with Gasteiger partial charge in [0.1, 0.15) is 12.3 Å². The molecular weight excluding hydrogens is 817 g/mol. The van der Waals surface area contributed by atoms with Crippen molar-refractivity contribution in [1.29, 1.82) is 0 Å². The monoisotopic (exact) mass is 889 g/mol. The van der Waals surface area contributed by atoms with Crippen molar-refractivity contribution >= 4 is 60.0 Å². The number of benzene rings is 1. The van der Waals surface area contributed by atoms with E-state index in [4.69, 9.17) is 27.1 Å². The Hall–Kier alpha value is -6.12. The van der Waals surface area contributed by atoms with Crippen molar-refractivity contribution in [1.82, 2.24) is 31.1 Å². The van der Waals surface area contributed by atoms with Gasteiger partial charge in [0.25, 0.3) is 6.47 Å². The number of nitrogens with one attached hydrogen (secondary N) is 4. The SMILES string of the molecule is CC1(C=O)CCN1C(=O)CCCCN=C(N)N.CCC(N)=O.CCCN1CC(=O)NC(C(=O)NCC(=O)NCCc2ccccc2)CCC(N)=NCCCCC(NC)C1=O.O=CO. The van der Waals surface area contributed by atoms with Crippen LogP contribution in [-0.4, -0.2) is 145 Å². The molecular formula is C42H72N12O9. The van der Waals surface area contributed by atoms with E-state index in [1.807, 2.05) is 37.3 Å². The van der Waals surface area contributed by atoms with Crippen LogP contribution >= 0.6 is 0 Å². The third-order valence-electron chi connectivity index (χ3n) is 9.80. The lowest BCUT2D eigenvalue weighted by Gasteiger charge is -2.47. The van der Waals surface area contributed by atoms with Crippen LogP contribution in [0.4, 0.5) is 0 Å². The zero-order valence-electron chi connectivity index (χ0n) is 37.4. The van der Waals surface area contributed by atoms with Gasteiger partial charge < -0.3 is 63.9 Å². The Morgan fingerprint density at radius 1 is 1.03 bits per heavy atom. The number of guanidine groups is 1. The highest BCUT2D eigenvalue weighted by Crippen LogP contribution is 2.29. The Bertz CT molecular complexity index is 1630. The number of likely N-dealkylation sites (tertiary alicyclic amines) is 1. The smallest absolute Gasteiger partial charge is 0.290 e. The standard InChI is InChI=1S/C27H43N7O4.C11H20N4O2.C3H7NO.CH2O2/c1-3-17-34-19-25(36)33-21(12-13-23(28)30-15-8-7-11-22(29-2)27(34)38)26(37)32-18-24(35)31-16-14-20-9-5-4-6-10-20;1-11(8-16)5-7-15(11)9(17)4-2-3-6-14-10(12)13;1-2-3(4)5;2-1-3/h4-6,9-10,21-22,29H,3,7-8,11-19H2,1-2H3,(H2,28,30)(H,31,35)(H,32,37)(H,33,36);8H,2-7H2,1H3,(H4,12,13,14);2H2,1H3,(H2,4,5);1H,(H,2,3). The zero-order chi connectivity index (χ0) is 47.6. The van der Waals surface area contributed by atoms with Crippen molar-refractivity contribution < 1.29 is 43.5 Å². The van der Waals surface area contributed by atoms with Gasteiger partial charge in [-0.05, 0) is 77.3 Å². The Balaban J connectivity index is 0.00000126. The minimum atomic E-state index is -0.919. The van der Waals surface area contributed by atoms with Crippen LogP contribution in [0.1, 0.15) is 97.0 Å². The first kappa shape index (κ1) is 56.9.